The summed E-state index contributed by atoms with van der Waals surface area (Å²) in [6.07, 6.45) is 1.01. The highest BCUT2D eigenvalue weighted by atomic mass is 35.5. The van der Waals surface area contributed by atoms with Crippen LogP contribution < -0.4 is 27.6 Å². The third kappa shape index (κ3) is 3.23. The number of hydrogen-bond donors (Lipinski definition) is 2. The maximum absolute atomic E-state index is 3.54. The van der Waals surface area contributed by atoms with Gasteiger partial charge in [0, 0.05) is 11.8 Å². The molecule has 0 spiro atoms. The molecule has 1 heterocycles. The molecule has 0 atom stereocenters. The van der Waals surface area contributed by atoms with E-state index < -0.39 is 0 Å². The second-order valence-electron chi connectivity index (χ2n) is 4.67. The van der Waals surface area contributed by atoms with E-state index in [4.69, 9.17) is 0 Å². The van der Waals surface area contributed by atoms with Crippen molar-refractivity contribution in [1.82, 2.24) is 0 Å². The lowest BCUT2D eigenvalue weighted by molar-refractivity contribution is -0.662. The SMILES string of the molecule is CCc1cc(NC)[n+](C)c(C)c1Nc1ccccc1.[Cl-]. The third-order valence-electron chi connectivity index (χ3n) is 3.54. The van der Waals surface area contributed by atoms with Crippen LogP contribution in [-0.4, -0.2) is 7.05 Å². The fraction of sp³-hybridized carbons (Fsp3) is 0.312. The zero-order valence-electron chi connectivity index (χ0n) is 12.5. The van der Waals surface area contributed by atoms with Gasteiger partial charge < -0.3 is 17.7 Å². The Morgan fingerprint density at radius 3 is 2.35 bits per heavy atom. The van der Waals surface area contributed by atoms with Crippen LogP contribution in [0.2, 0.25) is 0 Å². The predicted molar refractivity (Wildman–Crippen MR) is 81.0 cm³/mol. The zero-order chi connectivity index (χ0) is 13.8. The van der Waals surface area contributed by atoms with E-state index in [9.17, 15) is 0 Å². The van der Waals surface area contributed by atoms with Gasteiger partial charge in [-0.05, 0) is 31.0 Å². The fourth-order valence-corrected chi connectivity index (χ4v) is 2.27. The number of benzene rings is 1. The number of aromatic nitrogens is 1. The number of pyridine rings is 1. The molecule has 0 aliphatic heterocycles. The summed E-state index contributed by atoms with van der Waals surface area (Å²) in [7, 11) is 4.04. The number of anilines is 3. The molecule has 0 aliphatic rings. The summed E-state index contributed by atoms with van der Waals surface area (Å²) >= 11 is 0. The van der Waals surface area contributed by atoms with Gasteiger partial charge in [-0.3, -0.25) is 5.32 Å². The lowest BCUT2D eigenvalue weighted by atomic mass is 10.1. The summed E-state index contributed by atoms with van der Waals surface area (Å²) in [5, 5.41) is 6.77. The Hall–Kier alpha value is -1.74. The molecule has 0 saturated carbocycles. The van der Waals surface area contributed by atoms with Crippen molar-refractivity contribution in [3.05, 3.63) is 47.7 Å². The summed E-state index contributed by atoms with van der Waals surface area (Å²) in [6.45, 7) is 4.33. The van der Waals surface area contributed by atoms with Gasteiger partial charge in [0.1, 0.15) is 5.69 Å². The van der Waals surface area contributed by atoms with Gasteiger partial charge in [-0.15, -0.1) is 0 Å². The van der Waals surface area contributed by atoms with Crippen LogP contribution in [0.15, 0.2) is 36.4 Å². The molecule has 0 saturated heterocycles. The van der Waals surface area contributed by atoms with Crippen molar-refractivity contribution in [1.29, 1.82) is 0 Å². The highest BCUT2D eigenvalue weighted by molar-refractivity contribution is 5.65. The molecule has 2 rings (SSSR count). The first kappa shape index (κ1) is 16.3. The molecule has 0 aliphatic carbocycles. The first-order valence-corrected chi connectivity index (χ1v) is 6.69. The van der Waals surface area contributed by atoms with E-state index in [0.29, 0.717) is 0 Å². The molecule has 0 unspecified atom stereocenters. The van der Waals surface area contributed by atoms with Crippen molar-refractivity contribution in [3.63, 3.8) is 0 Å². The van der Waals surface area contributed by atoms with Crippen LogP contribution in [0.25, 0.3) is 0 Å². The fourth-order valence-electron chi connectivity index (χ4n) is 2.27. The molecule has 3 nitrogen and oxygen atoms in total. The molecule has 108 valence electrons. The third-order valence-corrected chi connectivity index (χ3v) is 3.54. The van der Waals surface area contributed by atoms with Gasteiger partial charge in [-0.2, -0.15) is 0 Å². The normalized spacial score (nSPS) is 9.80. The van der Waals surface area contributed by atoms with Gasteiger partial charge >= 0.3 is 0 Å². The molecular weight excluding hydrogens is 270 g/mol. The molecular formula is C16H22ClN3. The molecule has 20 heavy (non-hydrogen) atoms. The van der Waals surface area contributed by atoms with Gasteiger partial charge in [0.25, 0.3) is 5.82 Å². The van der Waals surface area contributed by atoms with Gasteiger partial charge in [-0.1, -0.05) is 25.1 Å². The van der Waals surface area contributed by atoms with Crippen molar-refractivity contribution in [2.45, 2.75) is 20.3 Å². The molecule has 0 amide bonds. The van der Waals surface area contributed by atoms with Crippen LogP contribution in [0.4, 0.5) is 17.2 Å². The molecule has 2 N–H and O–H groups in total. The van der Waals surface area contributed by atoms with Crippen LogP contribution in [0.1, 0.15) is 18.2 Å². The van der Waals surface area contributed by atoms with E-state index >= 15 is 0 Å². The first-order valence-electron chi connectivity index (χ1n) is 6.69. The van der Waals surface area contributed by atoms with Crippen molar-refractivity contribution in [2.75, 3.05) is 17.7 Å². The number of para-hydroxylation sites is 1. The number of nitrogens with zero attached hydrogens (tertiary/aromatic N) is 1. The van der Waals surface area contributed by atoms with E-state index in [1.165, 1.54) is 16.9 Å². The molecule has 0 bridgehead atoms. The monoisotopic (exact) mass is 291 g/mol. The van der Waals surface area contributed by atoms with E-state index in [1.807, 2.05) is 25.2 Å². The van der Waals surface area contributed by atoms with E-state index in [-0.39, 0.29) is 12.4 Å². The number of halogens is 1. The average Bonchev–Trinajstić information content (AvgIpc) is 2.45. The number of aryl methyl sites for hydroxylation is 1. The van der Waals surface area contributed by atoms with Gasteiger partial charge in [-0.25, -0.2) is 4.57 Å². The highest BCUT2D eigenvalue weighted by Crippen LogP contribution is 2.25. The lowest BCUT2D eigenvalue weighted by Gasteiger charge is -2.16. The van der Waals surface area contributed by atoms with E-state index in [0.717, 1.165) is 17.9 Å². The van der Waals surface area contributed by atoms with E-state index in [2.05, 4.69) is 54.3 Å². The van der Waals surface area contributed by atoms with Crippen LogP contribution >= 0.6 is 0 Å². The minimum atomic E-state index is 0. The standard InChI is InChI=1S/C16H21N3.ClH/c1-5-13-11-15(17-3)19(4)12(2)16(13)18-14-9-7-6-8-10-14;/h6-11,18H,5H2,1-4H3;1H. The van der Waals surface area contributed by atoms with Gasteiger partial charge in [0.2, 0.25) is 0 Å². The maximum atomic E-state index is 3.54. The van der Waals surface area contributed by atoms with Crippen molar-refractivity contribution >= 4 is 17.2 Å². The zero-order valence-corrected chi connectivity index (χ0v) is 13.3. The van der Waals surface area contributed by atoms with Crippen LogP contribution in [0.5, 0.6) is 0 Å². The summed E-state index contributed by atoms with van der Waals surface area (Å²) in [6, 6.07) is 12.5. The average molecular weight is 292 g/mol. The molecule has 1 aromatic carbocycles. The Kier molecular flexibility index (Phi) is 5.83. The smallest absolute Gasteiger partial charge is 0.274 e. The topological polar surface area (TPSA) is 27.9 Å². The van der Waals surface area contributed by atoms with Crippen molar-refractivity contribution in [2.24, 2.45) is 7.05 Å². The molecule has 2 aromatic rings. The number of nitrogens with one attached hydrogen (secondary N) is 2. The quantitative estimate of drug-likeness (QED) is 0.786. The van der Waals surface area contributed by atoms with Crippen LogP contribution in [0.3, 0.4) is 0 Å². The Balaban J connectivity index is 0.00000200. The van der Waals surface area contributed by atoms with Gasteiger partial charge in [0.05, 0.1) is 19.8 Å². The maximum Gasteiger partial charge on any atom is 0.274 e. The summed E-state index contributed by atoms with van der Waals surface area (Å²) < 4.78 is 2.17. The highest BCUT2D eigenvalue weighted by Gasteiger charge is 2.15. The Labute approximate surface area is 127 Å². The lowest BCUT2D eigenvalue weighted by Crippen LogP contribution is -3.00. The predicted octanol–water partition coefficient (Wildman–Crippen LogP) is 0.171. The van der Waals surface area contributed by atoms with Crippen LogP contribution in [0, 0.1) is 6.92 Å². The largest absolute Gasteiger partial charge is 1.00 e. The minimum Gasteiger partial charge on any atom is -1.00 e. The summed E-state index contributed by atoms with van der Waals surface area (Å²) in [5.74, 6) is 1.13. The van der Waals surface area contributed by atoms with Gasteiger partial charge in [0.15, 0.2) is 0 Å². The summed E-state index contributed by atoms with van der Waals surface area (Å²) in [4.78, 5) is 0. The first-order chi connectivity index (χ1) is 9.17. The molecule has 0 radical (unpaired) electrons. The Morgan fingerprint density at radius 2 is 1.80 bits per heavy atom. The summed E-state index contributed by atoms with van der Waals surface area (Å²) in [5.41, 5.74) is 4.88. The Bertz CT molecular complexity index is 568. The Morgan fingerprint density at radius 1 is 1.15 bits per heavy atom. The second kappa shape index (κ2) is 7.15. The molecule has 1 aromatic heterocycles. The molecule has 4 heteroatoms. The second-order valence-corrected chi connectivity index (χ2v) is 4.67. The minimum absolute atomic E-state index is 0. The number of rotatable bonds is 4. The van der Waals surface area contributed by atoms with Crippen molar-refractivity contribution in [3.8, 4) is 0 Å². The number of hydrogen-bond acceptors (Lipinski definition) is 2. The van der Waals surface area contributed by atoms with Crippen LogP contribution in [-0.2, 0) is 13.5 Å². The van der Waals surface area contributed by atoms with Crippen molar-refractivity contribution < 1.29 is 17.0 Å². The van der Waals surface area contributed by atoms with E-state index in [1.54, 1.807) is 0 Å². The molecule has 0 fully saturated rings.